The van der Waals surface area contributed by atoms with Crippen LogP contribution in [0.15, 0.2) is 53.1 Å². The van der Waals surface area contributed by atoms with Gasteiger partial charge in [-0.05, 0) is 42.8 Å². The second kappa shape index (κ2) is 6.84. The van der Waals surface area contributed by atoms with Crippen molar-refractivity contribution in [1.82, 2.24) is 14.7 Å². The minimum atomic E-state index is -0.161. The summed E-state index contributed by atoms with van der Waals surface area (Å²) >= 11 is 0. The molecular formula is C20H17N5O2. The number of nitriles is 1. The third kappa shape index (κ3) is 3.09. The molecule has 0 fully saturated rings. The number of hydrogen-bond donors (Lipinski definition) is 2. The predicted molar refractivity (Wildman–Crippen MR) is 101 cm³/mol. The zero-order valence-electron chi connectivity index (χ0n) is 14.7. The van der Waals surface area contributed by atoms with Gasteiger partial charge in [0.2, 0.25) is 5.91 Å². The van der Waals surface area contributed by atoms with E-state index in [1.165, 1.54) is 0 Å². The molecule has 0 aliphatic rings. The zero-order chi connectivity index (χ0) is 18.8. The number of benzene rings is 1. The van der Waals surface area contributed by atoms with Crippen LogP contribution in [0.2, 0.25) is 0 Å². The Labute approximate surface area is 155 Å². The molecule has 4 aromatic rings. The molecule has 7 nitrogen and oxygen atoms in total. The molecule has 0 saturated carbocycles. The summed E-state index contributed by atoms with van der Waals surface area (Å²) in [5, 5.41) is 15.5. The van der Waals surface area contributed by atoms with Gasteiger partial charge in [-0.25, -0.2) is 4.98 Å². The largest absolute Gasteiger partial charge is 0.467 e. The van der Waals surface area contributed by atoms with Crippen molar-refractivity contribution in [3.05, 3.63) is 65.6 Å². The number of fused-ring (bicyclic) bond motifs is 3. The number of aryl methyl sites for hydroxylation is 1. The minimum absolute atomic E-state index is 0.0909. The van der Waals surface area contributed by atoms with Gasteiger partial charge in [0.05, 0.1) is 35.9 Å². The lowest BCUT2D eigenvalue weighted by atomic mass is 10.1. The van der Waals surface area contributed by atoms with Crippen LogP contribution in [0.1, 0.15) is 16.9 Å². The third-order valence-electron chi connectivity index (χ3n) is 4.35. The van der Waals surface area contributed by atoms with E-state index in [0.717, 1.165) is 16.6 Å². The SMILES string of the molecule is Cc1cc(NCC(=O)NCc2ccco2)n2c(nc3ccccc32)c1C#N. The number of rotatable bonds is 5. The number of carbonyl (C=O) groups excluding carboxylic acids is 1. The molecule has 4 rings (SSSR count). The van der Waals surface area contributed by atoms with Gasteiger partial charge in [0, 0.05) is 0 Å². The van der Waals surface area contributed by atoms with E-state index in [1.807, 2.05) is 41.7 Å². The predicted octanol–water partition coefficient (Wildman–Crippen LogP) is 2.99. The Morgan fingerprint density at radius 3 is 2.93 bits per heavy atom. The van der Waals surface area contributed by atoms with Crippen molar-refractivity contribution < 1.29 is 9.21 Å². The van der Waals surface area contributed by atoms with Gasteiger partial charge < -0.3 is 15.1 Å². The van der Waals surface area contributed by atoms with Gasteiger partial charge in [0.15, 0.2) is 5.65 Å². The number of furan rings is 1. The van der Waals surface area contributed by atoms with E-state index in [9.17, 15) is 10.1 Å². The lowest BCUT2D eigenvalue weighted by Gasteiger charge is -2.12. The number of amides is 1. The highest BCUT2D eigenvalue weighted by molar-refractivity contribution is 5.86. The Hall–Kier alpha value is -3.79. The summed E-state index contributed by atoms with van der Waals surface area (Å²) in [7, 11) is 0. The fourth-order valence-electron chi connectivity index (χ4n) is 3.06. The molecule has 1 amide bonds. The first-order valence-corrected chi connectivity index (χ1v) is 8.51. The molecule has 0 atom stereocenters. The van der Waals surface area contributed by atoms with E-state index in [1.54, 1.807) is 18.4 Å². The number of carbonyl (C=O) groups is 1. The van der Waals surface area contributed by atoms with E-state index in [0.29, 0.717) is 29.3 Å². The van der Waals surface area contributed by atoms with Crippen LogP contribution in [0.5, 0.6) is 0 Å². The van der Waals surface area contributed by atoms with E-state index in [2.05, 4.69) is 21.7 Å². The molecule has 1 aromatic carbocycles. The lowest BCUT2D eigenvalue weighted by Crippen LogP contribution is -2.29. The highest BCUT2D eigenvalue weighted by atomic mass is 16.3. The minimum Gasteiger partial charge on any atom is -0.467 e. The molecule has 0 aliphatic carbocycles. The van der Waals surface area contributed by atoms with Crippen LogP contribution < -0.4 is 10.6 Å². The van der Waals surface area contributed by atoms with Gasteiger partial charge in [-0.1, -0.05) is 12.1 Å². The van der Waals surface area contributed by atoms with Gasteiger partial charge >= 0.3 is 0 Å². The van der Waals surface area contributed by atoms with Crippen LogP contribution in [0, 0.1) is 18.3 Å². The summed E-state index contributed by atoms with van der Waals surface area (Å²) in [4.78, 5) is 16.8. The maximum atomic E-state index is 12.2. The van der Waals surface area contributed by atoms with E-state index >= 15 is 0 Å². The van der Waals surface area contributed by atoms with Crippen molar-refractivity contribution >= 4 is 28.4 Å². The monoisotopic (exact) mass is 359 g/mol. The van der Waals surface area contributed by atoms with Crippen molar-refractivity contribution in [3.63, 3.8) is 0 Å². The zero-order valence-corrected chi connectivity index (χ0v) is 14.7. The smallest absolute Gasteiger partial charge is 0.239 e. The fourth-order valence-corrected chi connectivity index (χ4v) is 3.06. The molecule has 0 unspecified atom stereocenters. The number of pyridine rings is 1. The van der Waals surface area contributed by atoms with Crippen molar-refractivity contribution in [2.75, 3.05) is 11.9 Å². The third-order valence-corrected chi connectivity index (χ3v) is 4.35. The van der Waals surface area contributed by atoms with Crippen molar-refractivity contribution in [2.24, 2.45) is 0 Å². The van der Waals surface area contributed by atoms with Crippen LogP contribution in [0.3, 0.4) is 0 Å². The molecule has 27 heavy (non-hydrogen) atoms. The summed E-state index contributed by atoms with van der Waals surface area (Å²) in [5.41, 5.74) is 3.59. The van der Waals surface area contributed by atoms with Gasteiger partial charge in [-0.3, -0.25) is 9.20 Å². The Balaban J connectivity index is 1.63. The molecule has 0 radical (unpaired) electrons. The van der Waals surface area contributed by atoms with Crippen molar-refractivity contribution in [2.45, 2.75) is 13.5 Å². The first-order valence-electron chi connectivity index (χ1n) is 8.51. The highest BCUT2D eigenvalue weighted by Crippen LogP contribution is 2.26. The van der Waals surface area contributed by atoms with Crippen molar-refractivity contribution in [1.29, 1.82) is 5.26 Å². The maximum Gasteiger partial charge on any atom is 0.239 e. The van der Waals surface area contributed by atoms with Crippen molar-refractivity contribution in [3.8, 4) is 6.07 Å². The molecule has 7 heteroatoms. The average molecular weight is 359 g/mol. The molecule has 2 N–H and O–H groups in total. The highest BCUT2D eigenvalue weighted by Gasteiger charge is 2.15. The fraction of sp³-hybridized carbons (Fsp3) is 0.150. The molecule has 0 saturated heterocycles. The number of nitrogens with one attached hydrogen (secondary N) is 2. The standard InChI is InChI=1S/C20H17N5O2/c1-13-9-18(22-12-19(26)23-11-14-5-4-8-27-14)25-17-7-3-2-6-16(17)24-20(25)15(13)10-21/h2-9,22H,11-12H2,1H3,(H,23,26). The van der Waals surface area contributed by atoms with Crippen LogP contribution in [0.4, 0.5) is 5.82 Å². The van der Waals surface area contributed by atoms with Crippen LogP contribution >= 0.6 is 0 Å². The summed E-state index contributed by atoms with van der Waals surface area (Å²) in [6, 6.07) is 15.3. The Kier molecular flexibility index (Phi) is 4.22. The first kappa shape index (κ1) is 16.7. The topological polar surface area (TPSA) is 95.4 Å². The van der Waals surface area contributed by atoms with Gasteiger partial charge in [0.25, 0.3) is 0 Å². The number of anilines is 1. The molecule has 0 spiro atoms. The first-order chi connectivity index (χ1) is 13.2. The normalized spacial score (nSPS) is 10.8. The maximum absolute atomic E-state index is 12.2. The van der Waals surface area contributed by atoms with E-state index in [-0.39, 0.29) is 12.5 Å². The number of aromatic nitrogens is 2. The Morgan fingerprint density at radius 2 is 2.15 bits per heavy atom. The van der Waals surface area contributed by atoms with E-state index in [4.69, 9.17) is 4.42 Å². The van der Waals surface area contributed by atoms with Gasteiger partial charge in [0.1, 0.15) is 17.6 Å². The quantitative estimate of drug-likeness (QED) is 0.571. The summed E-state index contributed by atoms with van der Waals surface area (Å²) in [5.74, 6) is 1.25. The van der Waals surface area contributed by atoms with Crippen LogP contribution in [-0.2, 0) is 11.3 Å². The summed E-state index contributed by atoms with van der Waals surface area (Å²) in [6.07, 6.45) is 1.57. The Morgan fingerprint density at radius 1 is 1.30 bits per heavy atom. The molecule has 0 aliphatic heterocycles. The summed E-state index contributed by atoms with van der Waals surface area (Å²) in [6.45, 7) is 2.29. The molecular weight excluding hydrogens is 342 g/mol. The molecule has 3 heterocycles. The van der Waals surface area contributed by atoms with E-state index < -0.39 is 0 Å². The number of imidazole rings is 1. The average Bonchev–Trinajstić information content (AvgIpc) is 3.32. The summed E-state index contributed by atoms with van der Waals surface area (Å²) < 4.78 is 7.08. The number of nitrogens with zero attached hydrogens (tertiary/aromatic N) is 3. The molecule has 0 bridgehead atoms. The molecule has 3 aromatic heterocycles. The second-order valence-electron chi connectivity index (χ2n) is 6.17. The second-order valence-corrected chi connectivity index (χ2v) is 6.17. The number of para-hydroxylation sites is 2. The van der Waals surface area contributed by atoms with Gasteiger partial charge in [-0.15, -0.1) is 0 Å². The number of hydrogen-bond acceptors (Lipinski definition) is 5. The van der Waals surface area contributed by atoms with Gasteiger partial charge in [-0.2, -0.15) is 5.26 Å². The Bertz CT molecular complexity index is 1170. The van der Waals surface area contributed by atoms with Crippen LogP contribution in [-0.4, -0.2) is 21.8 Å². The lowest BCUT2D eigenvalue weighted by molar-refractivity contribution is -0.119. The van der Waals surface area contributed by atoms with Crippen LogP contribution in [0.25, 0.3) is 16.7 Å². The molecule has 134 valence electrons.